The van der Waals surface area contributed by atoms with Crippen LogP contribution in [0.3, 0.4) is 0 Å². The summed E-state index contributed by atoms with van der Waals surface area (Å²) in [6.45, 7) is 15.3. The smallest absolute Gasteiger partial charge is 0.310 e. The van der Waals surface area contributed by atoms with Crippen molar-refractivity contribution in [2.75, 3.05) is 0 Å². The van der Waals surface area contributed by atoms with Gasteiger partial charge < -0.3 is 20.4 Å². The molecule has 0 aromatic heterocycles. The second-order valence-electron chi connectivity index (χ2n) is 14.9. The van der Waals surface area contributed by atoms with Crippen molar-refractivity contribution < 1.29 is 25.2 Å². The number of hydrogen-bond acceptors (Lipinski definition) is 4. The molecule has 5 heteroatoms. The van der Waals surface area contributed by atoms with Crippen molar-refractivity contribution in [2.45, 2.75) is 118 Å². The van der Waals surface area contributed by atoms with Crippen LogP contribution in [0, 0.1) is 50.7 Å². The summed E-state index contributed by atoms with van der Waals surface area (Å²) >= 11 is 0. The summed E-state index contributed by atoms with van der Waals surface area (Å²) in [4.78, 5) is 12.8. The quantitative estimate of drug-likeness (QED) is 0.382. The number of carboxylic acid groups (broad SMARTS) is 1. The van der Waals surface area contributed by atoms with Crippen molar-refractivity contribution >= 4 is 5.97 Å². The Kier molecular flexibility index (Phi) is 5.40. The first-order valence-corrected chi connectivity index (χ1v) is 14.0. The number of aliphatic carboxylic acids is 1. The van der Waals surface area contributed by atoms with E-state index in [-0.39, 0.29) is 33.5 Å². The number of aliphatic hydroxyl groups is 3. The molecule has 198 valence electrons. The van der Waals surface area contributed by atoms with Crippen molar-refractivity contribution in [1.29, 1.82) is 0 Å². The summed E-state index contributed by atoms with van der Waals surface area (Å²) in [6.07, 6.45) is 7.21. The summed E-state index contributed by atoms with van der Waals surface area (Å²) in [5, 5.41) is 44.3. The van der Waals surface area contributed by atoms with E-state index in [0.717, 1.165) is 32.1 Å². The lowest BCUT2D eigenvalue weighted by atomic mass is 9.33. The van der Waals surface area contributed by atoms with Crippen molar-refractivity contribution in [3.63, 3.8) is 0 Å². The van der Waals surface area contributed by atoms with E-state index in [1.54, 1.807) is 0 Å². The zero-order valence-electron chi connectivity index (χ0n) is 22.9. The zero-order chi connectivity index (χ0) is 26.0. The summed E-state index contributed by atoms with van der Waals surface area (Å²) in [5.41, 5.74) is -1.46. The van der Waals surface area contributed by atoms with Crippen LogP contribution in [0.15, 0.2) is 11.6 Å². The van der Waals surface area contributed by atoms with Crippen LogP contribution in [-0.4, -0.2) is 44.2 Å². The molecule has 5 aliphatic rings. The Balaban J connectivity index is 1.65. The standard InChI is InChI=1S/C30H48O5/c1-17-10-13-30(24(33)34)15-14-27(5)18(22(30)29(17,7)35)8-9-21-26(4)16-19(31)23(32)25(2,3)20(26)11-12-28(21,27)6/h8,17,19-23,31-32,35H,9-16H2,1-7H3,(H,33,34)/t17-,19+,20+,21+,22-,23+,26+,27-,28-,29-,30+/m1/s1. The molecule has 5 aliphatic carbocycles. The molecule has 0 amide bonds. The summed E-state index contributed by atoms with van der Waals surface area (Å²) in [7, 11) is 0. The fourth-order valence-electron chi connectivity index (χ4n) is 11.0. The molecule has 35 heavy (non-hydrogen) atoms. The molecule has 4 N–H and O–H groups in total. The number of carboxylic acids is 1. The highest BCUT2D eigenvalue weighted by Gasteiger charge is 2.71. The predicted molar refractivity (Wildman–Crippen MR) is 135 cm³/mol. The van der Waals surface area contributed by atoms with Crippen LogP contribution in [-0.2, 0) is 4.79 Å². The van der Waals surface area contributed by atoms with Crippen LogP contribution in [0.2, 0.25) is 0 Å². The van der Waals surface area contributed by atoms with Crippen molar-refractivity contribution in [1.82, 2.24) is 0 Å². The first-order chi connectivity index (χ1) is 16.0. The first-order valence-electron chi connectivity index (χ1n) is 14.0. The highest BCUT2D eigenvalue weighted by Crippen LogP contribution is 2.76. The highest BCUT2D eigenvalue weighted by molar-refractivity contribution is 5.77. The zero-order valence-corrected chi connectivity index (χ0v) is 22.9. The lowest BCUT2D eigenvalue weighted by Crippen LogP contribution is -2.68. The van der Waals surface area contributed by atoms with Gasteiger partial charge in [0.25, 0.3) is 0 Å². The van der Waals surface area contributed by atoms with Gasteiger partial charge in [-0.1, -0.05) is 53.2 Å². The topological polar surface area (TPSA) is 98.0 Å². The van der Waals surface area contributed by atoms with E-state index in [1.165, 1.54) is 5.57 Å². The van der Waals surface area contributed by atoms with E-state index in [1.807, 2.05) is 6.92 Å². The van der Waals surface area contributed by atoms with Gasteiger partial charge in [-0.25, -0.2) is 0 Å². The fourth-order valence-corrected chi connectivity index (χ4v) is 11.0. The molecule has 0 aromatic carbocycles. The Bertz CT molecular complexity index is 952. The molecule has 0 heterocycles. The monoisotopic (exact) mass is 488 g/mol. The minimum absolute atomic E-state index is 0.0535. The first kappa shape index (κ1) is 25.7. The van der Waals surface area contributed by atoms with Gasteiger partial charge in [0.15, 0.2) is 0 Å². The molecule has 4 saturated carbocycles. The summed E-state index contributed by atoms with van der Waals surface area (Å²) < 4.78 is 0. The average molecular weight is 489 g/mol. The van der Waals surface area contributed by atoms with E-state index in [9.17, 15) is 25.2 Å². The Labute approximate surface area is 211 Å². The van der Waals surface area contributed by atoms with Crippen LogP contribution in [0.1, 0.15) is 99.8 Å². The fraction of sp³-hybridized carbons (Fsp3) is 0.900. The van der Waals surface area contributed by atoms with E-state index < -0.39 is 29.2 Å². The lowest BCUT2D eigenvalue weighted by molar-refractivity contribution is -0.237. The Morgan fingerprint density at radius 3 is 2.23 bits per heavy atom. The average Bonchev–Trinajstić information content (AvgIpc) is 2.75. The van der Waals surface area contributed by atoms with Gasteiger partial charge in [0.2, 0.25) is 0 Å². The van der Waals surface area contributed by atoms with Crippen LogP contribution < -0.4 is 0 Å². The number of fused-ring (bicyclic) bond motifs is 7. The minimum Gasteiger partial charge on any atom is -0.481 e. The molecule has 0 unspecified atom stereocenters. The van der Waals surface area contributed by atoms with Crippen LogP contribution >= 0.6 is 0 Å². The molecular formula is C30H48O5. The Morgan fingerprint density at radius 1 is 0.943 bits per heavy atom. The normalized spacial score (nSPS) is 57.1. The molecule has 11 atom stereocenters. The van der Waals surface area contributed by atoms with Crippen molar-refractivity contribution in [3.05, 3.63) is 11.6 Å². The van der Waals surface area contributed by atoms with Gasteiger partial charge >= 0.3 is 5.97 Å². The van der Waals surface area contributed by atoms with Crippen molar-refractivity contribution in [2.24, 2.45) is 50.7 Å². The number of hydrogen-bond donors (Lipinski definition) is 4. The molecule has 0 radical (unpaired) electrons. The third kappa shape index (κ3) is 2.90. The molecule has 0 aromatic rings. The maximum absolute atomic E-state index is 12.8. The molecule has 0 spiro atoms. The minimum atomic E-state index is -1.05. The molecule has 0 saturated heterocycles. The second-order valence-corrected chi connectivity index (χ2v) is 14.9. The molecular weight excluding hydrogens is 440 g/mol. The maximum Gasteiger partial charge on any atom is 0.310 e. The van der Waals surface area contributed by atoms with Gasteiger partial charge in [0.05, 0.1) is 23.2 Å². The van der Waals surface area contributed by atoms with E-state index in [0.29, 0.717) is 31.1 Å². The van der Waals surface area contributed by atoms with Crippen LogP contribution in [0.4, 0.5) is 0 Å². The van der Waals surface area contributed by atoms with E-state index in [4.69, 9.17) is 0 Å². The molecule has 5 nitrogen and oxygen atoms in total. The van der Waals surface area contributed by atoms with Crippen LogP contribution in [0.25, 0.3) is 0 Å². The molecule has 5 rings (SSSR count). The molecule has 0 aliphatic heterocycles. The molecule has 4 fully saturated rings. The number of rotatable bonds is 1. The summed E-state index contributed by atoms with van der Waals surface area (Å²) in [6, 6.07) is 0. The van der Waals surface area contributed by atoms with E-state index >= 15 is 0 Å². The van der Waals surface area contributed by atoms with Gasteiger partial charge in [-0.2, -0.15) is 0 Å². The predicted octanol–water partition coefficient (Wildman–Crippen LogP) is 5.18. The van der Waals surface area contributed by atoms with Gasteiger partial charge in [0, 0.05) is 5.92 Å². The molecule has 0 bridgehead atoms. The van der Waals surface area contributed by atoms with Gasteiger partial charge in [-0.15, -0.1) is 0 Å². The second kappa shape index (κ2) is 7.35. The Hall–Kier alpha value is -0.910. The van der Waals surface area contributed by atoms with Gasteiger partial charge in [0.1, 0.15) is 0 Å². The number of carbonyl (C=O) groups is 1. The Morgan fingerprint density at radius 2 is 1.60 bits per heavy atom. The third-order valence-corrected chi connectivity index (χ3v) is 13.4. The summed E-state index contributed by atoms with van der Waals surface area (Å²) in [5.74, 6) is -0.394. The van der Waals surface area contributed by atoms with Gasteiger partial charge in [-0.3, -0.25) is 4.79 Å². The van der Waals surface area contributed by atoms with Crippen LogP contribution in [0.5, 0.6) is 0 Å². The maximum atomic E-state index is 12.8. The van der Waals surface area contributed by atoms with Crippen molar-refractivity contribution in [3.8, 4) is 0 Å². The SMILES string of the molecule is C[C@@H]1CC[C@]2(C(=O)O)CC[C@]3(C)C(=CC[C@H]4[C@@]5(C)C[C@H](O)[C@H](O)C(C)(C)[C@@H]5CC[C@]43C)[C@@H]2[C@]1(C)O. The number of allylic oxidation sites excluding steroid dienone is 1. The third-order valence-electron chi connectivity index (χ3n) is 13.4. The lowest BCUT2D eigenvalue weighted by Gasteiger charge is -2.72. The largest absolute Gasteiger partial charge is 0.481 e. The number of aliphatic hydroxyl groups excluding tert-OH is 2. The van der Waals surface area contributed by atoms with E-state index in [2.05, 4.69) is 47.6 Å². The highest BCUT2D eigenvalue weighted by atomic mass is 16.4. The van der Waals surface area contributed by atoms with Gasteiger partial charge in [-0.05, 0) is 97.7 Å².